The molecule has 3 rings (SSSR count). The van der Waals surface area contributed by atoms with Gasteiger partial charge in [-0.05, 0) is 19.8 Å². The second kappa shape index (κ2) is 5.69. The highest BCUT2D eigenvalue weighted by Crippen LogP contribution is 2.27. The molecule has 0 aliphatic carbocycles. The number of hydrogen-bond donors (Lipinski definition) is 1. The van der Waals surface area contributed by atoms with Crippen molar-refractivity contribution < 1.29 is 22.7 Å². The van der Waals surface area contributed by atoms with E-state index in [4.69, 9.17) is 9.57 Å². The molecule has 1 N–H and O–H groups in total. The monoisotopic (exact) mass is 317 g/mol. The van der Waals surface area contributed by atoms with Crippen LogP contribution in [-0.2, 0) is 15.8 Å². The van der Waals surface area contributed by atoms with Crippen LogP contribution in [0, 0.1) is 6.92 Å². The van der Waals surface area contributed by atoms with Crippen LogP contribution in [0.15, 0.2) is 6.07 Å². The Morgan fingerprint density at radius 3 is 2.86 bits per heavy atom. The maximum atomic E-state index is 12.7. The minimum Gasteiger partial charge on any atom is -0.350 e. The average molecular weight is 317 g/mol. The van der Waals surface area contributed by atoms with Gasteiger partial charge in [-0.2, -0.15) is 22.7 Å². The lowest BCUT2D eigenvalue weighted by molar-refractivity contribution is -0.146. The van der Waals surface area contributed by atoms with E-state index in [9.17, 15) is 13.2 Å². The van der Waals surface area contributed by atoms with E-state index in [1.54, 1.807) is 6.92 Å². The van der Waals surface area contributed by atoms with E-state index in [1.807, 2.05) is 0 Å². The van der Waals surface area contributed by atoms with Gasteiger partial charge in [-0.3, -0.25) is 0 Å². The van der Waals surface area contributed by atoms with Crippen LogP contribution in [0.25, 0.3) is 5.78 Å². The minimum atomic E-state index is -4.63. The van der Waals surface area contributed by atoms with Crippen molar-refractivity contribution in [3.8, 4) is 0 Å². The van der Waals surface area contributed by atoms with Gasteiger partial charge in [0.1, 0.15) is 0 Å². The van der Waals surface area contributed by atoms with Crippen LogP contribution in [0.3, 0.4) is 0 Å². The number of fused-ring (bicyclic) bond motifs is 1. The number of aryl methyl sites for hydroxylation is 1. The van der Waals surface area contributed by atoms with E-state index in [2.05, 4.69) is 20.5 Å². The fourth-order valence-corrected chi connectivity index (χ4v) is 2.11. The predicted octanol–water partition coefficient (Wildman–Crippen LogP) is 2.32. The van der Waals surface area contributed by atoms with Crippen LogP contribution in [0.2, 0.25) is 0 Å². The summed E-state index contributed by atoms with van der Waals surface area (Å²) in [5.41, 5.74) is 3.08. The lowest BCUT2D eigenvalue weighted by atomic mass is 10.2. The molecule has 1 atom stereocenters. The maximum Gasteiger partial charge on any atom is 0.453 e. The molecule has 10 heteroatoms. The molecule has 0 aromatic carbocycles. The number of rotatable bonds is 3. The first-order valence-electron chi connectivity index (χ1n) is 6.78. The summed E-state index contributed by atoms with van der Waals surface area (Å²) in [7, 11) is 0. The quantitative estimate of drug-likeness (QED) is 0.876. The van der Waals surface area contributed by atoms with Crippen molar-refractivity contribution in [2.45, 2.75) is 38.7 Å². The normalized spacial score (nSPS) is 19.5. The van der Waals surface area contributed by atoms with Gasteiger partial charge >= 0.3 is 6.18 Å². The Morgan fingerprint density at radius 2 is 2.18 bits per heavy atom. The largest absolute Gasteiger partial charge is 0.453 e. The van der Waals surface area contributed by atoms with Gasteiger partial charge in [0.05, 0.1) is 0 Å². The van der Waals surface area contributed by atoms with E-state index in [0.29, 0.717) is 18.7 Å². The van der Waals surface area contributed by atoms with Crippen LogP contribution < -0.4 is 5.48 Å². The van der Waals surface area contributed by atoms with Crippen LogP contribution in [0.1, 0.15) is 30.8 Å². The Labute approximate surface area is 123 Å². The molecule has 0 spiro atoms. The topological polar surface area (TPSA) is 73.6 Å². The molecule has 7 nitrogen and oxygen atoms in total. The summed E-state index contributed by atoms with van der Waals surface area (Å²) >= 11 is 0. The molecule has 0 bridgehead atoms. The van der Waals surface area contributed by atoms with Crippen LogP contribution in [-0.4, -0.2) is 32.5 Å². The first-order chi connectivity index (χ1) is 10.4. The fourth-order valence-electron chi connectivity index (χ4n) is 2.11. The smallest absolute Gasteiger partial charge is 0.350 e. The molecule has 1 unspecified atom stereocenters. The van der Waals surface area contributed by atoms with E-state index in [0.717, 1.165) is 17.4 Å². The first kappa shape index (κ1) is 15.0. The van der Waals surface area contributed by atoms with E-state index >= 15 is 0 Å². The second-order valence-corrected chi connectivity index (χ2v) is 4.94. The van der Waals surface area contributed by atoms with Gasteiger partial charge in [-0.1, -0.05) is 0 Å². The molecule has 2 aromatic heterocycles. The third-order valence-electron chi connectivity index (χ3n) is 3.13. The highest BCUT2D eigenvalue weighted by molar-refractivity contribution is 5.44. The zero-order valence-corrected chi connectivity index (χ0v) is 11.7. The third-order valence-corrected chi connectivity index (χ3v) is 3.13. The fraction of sp³-hybridized carbons (Fsp3) is 0.583. The number of aromatic nitrogens is 4. The molecule has 1 aliphatic heterocycles. The third kappa shape index (κ3) is 3.12. The summed E-state index contributed by atoms with van der Waals surface area (Å²) < 4.78 is 44.4. The number of hydrogen-bond acceptors (Lipinski definition) is 6. The molecule has 1 fully saturated rings. The van der Waals surface area contributed by atoms with Crippen LogP contribution >= 0.6 is 0 Å². The molecule has 0 radical (unpaired) electrons. The lowest BCUT2D eigenvalue weighted by Gasteiger charge is -2.22. The molecule has 22 heavy (non-hydrogen) atoms. The van der Waals surface area contributed by atoms with Gasteiger partial charge in [-0.15, -0.1) is 5.10 Å². The number of anilines is 1. The van der Waals surface area contributed by atoms with Crippen molar-refractivity contribution in [3.05, 3.63) is 17.6 Å². The molecule has 120 valence electrons. The summed E-state index contributed by atoms with van der Waals surface area (Å²) in [6, 6.07) is 1.52. The maximum absolute atomic E-state index is 12.7. The summed E-state index contributed by atoms with van der Waals surface area (Å²) in [4.78, 5) is 12.7. The Morgan fingerprint density at radius 1 is 1.36 bits per heavy atom. The first-order valence-corrected chi connectivity index (χ1v) is 6.78. The standard InChI is InChI=1S/C12H14F3N5O2/c1-7-6-8(19-22-9-4-2-3-5-21-9)20-11(16-7)17-10(18-20)12(13,14)15/h6,9,19H,2-5H2,1H3. The van der Waals surface area contributed by atoms with Crippen molar-refractivity contribution >= 4 is 11.6 Å². The predicted molar refractivity (Wildman–Crippen MR) is 68.8 cm³/mol. The molecular formula is C12H14F3N5O2. The molecule has 3 heterocycles. The summed E-state index contributed by atoms with van der Waals surface area (Å²) in [6.07, 6.45) is -2.42. The number of alkyl halides is 3. The highest BCUT2D eigenvalue weighted by atomic mass is 19.4. The van der Waals surface area contributed by atoms with Gasteiger partial charge in [0.2, 0.25) is 0 Å². The van der Waals surface area contributed by atoms with Crippen molar-refractivity contribution in [2.75, 3.05) is 12.1 Å². The molecule has 0 amide bonds. The number of ether oxygens (including phenoxy) is 1. The van der Waals surface area contributed by atoms with Crippen molar-refractivity contribution in [2.24, 2.45) is 0 Å². The number of nitrogens with zero attached hydrogens (tertiary/aromatic N) is 4. The summed E-state index contributed by atoms with van der Waals surface area (Å²) in [5, 5.41) is 3.42. The number of nitrogens with one attached hydrogen (secondary N) is 1. The molecule has 2 aromatic rings. The zero-order valence-electron chi connectivity index (χ0n) is 11.7. The van der Waals surface area contributed by atoms with E-state index in [1.165, 1.54) is 6.07 Å². The van der Waals surface area contributed by atoms with E-state index in [-0.39, 0.29) is 11.6 Å². The molecule has 1 aliphatic rings. The van der Waals surface area contributed by atoms with Gasteiger partial charge < -0.3 is 4.74 Å². The molecular weight excluding hydrogens is 303 g/mol. The van der Waals surface area contributed by atoms with Crippen LogP contribution in [0.4, 0.5) is 19.0 Å². The minimum absolute atomic E-state index is 0.150. The summed E-state index contributed by atoms with van der Waals surface area (Å²) in [5.74, 6) is -1.19. The van der Waals surface area contributed by atoms with Crippen molar-refractivity contribution in [1.29, 1.82) is 0 Å². The van der Waals surface area contributed by atoms with Gasteiger partial charge in [0.15, 0.2) is 12.1 Å². The van der Waals surface area contributed by atoms with E-state index < -0.39 is 18.3 Å². The van der Waals surface area contributed by atoms with Gasteiger partial charge in [0.25, 0.3) is 11.6 Å². The Kier molecular flexibility index (Phi) is 3.87. The average Bonchev–Trinajstić information content (AvgIpc) is 2.90. The Hall–Kier alpha value is -1.94. The molecule has 0 saturated carbocycles. The van der Waals surface area contributed by atoms with Crippen molar-refractivity contribution in [1.82, 2.24) is 19.6 Å². The Balaban J connectivity index is 1.85. The molecule has 1 saturated heterocycles. The van der Waals surface area contributed by atoms with Crippen LogP contribution in [0.5, 0.6) is 0 Å². The SMILES string of the molecule is Cc1cc(NOC2CCCCO2)n2nc(C(F)(F)F)nc2n1. The number of halogens is 3. The summed E-state index contributed by atoms with van der Waals surface area (Å²) in [6.45, 7) is 2.24. The Bertz CT molecular complexity index is 667. The van der Waals surface area contributed by atoms with Gasteiger partial charge in [0, 0.05) is 24.8 Å². The van der Waals surface area contributed by atoms with Crippen molar-refractivity contribution in [3.63, 3.8) is 0 Å². The highest BCUT2D eigenvalue weighted by Gasteiger charge is 2.36. The second-order valence-electron chi connectivity index (χ2n) is 4.94. The zero-order chi connectivity index (χ0) is 15.7. The lowest BCUT2D eigenvalue weighted by Crippen LogP contribution is -2.25. The van der Waals surface area contributed by atoms with Gasteiger partial charge in [-0.25, -0.2) is 15.3 Å².